The smallest absolute Gasteiger partial charge is 0.237 e. The van der Waals surface area contributed by atoms with Crippen LogP contribution < -0.4 is 9.47 Å². The van der Waals surface area contributed by atoms with Gasteiger partial charge >= 0.3 is 0 Å². The molecular formula is C28H39N3O3. The standard InChI is InChI=1S/C28H39N3O3/c1-33-25-14-19-8-11-30(16-22(19)15-26(25)34-2)27(32)18-31-10-5-6-20-12-21-13-23(28(20)31)17-29-9-4-3-7-24(21)29/h12,14-15,21,23-24,28H,3-11,13,16-18H2,1-2H3/t21?,23?,24-,28-/m1/s1. The first-order valence-electron chi connectivity index (χ1n) is 13.3. The van der Waals surface area contributed by atoms with Gasteiger partial charge in [-0.15, -0.1) is 0 Å². The SMILES string of the molecule is COc1cc2c(cc1OC)CN(C(=O)CN1CCCC3=CC4CC(CN5CCCC[C@H]45)[C@@H]31)CC2. The van der Waals surface area contributed by atoms with E-state index in [4.69, 9.17) is 9.47 Å². The number of hydrogen-bond donors (Lipinski definition) is 0. The second kappa shape index (κ2) is 9.19. The highest BCUT2D eigenvalue weighted by Gasteiger charge is 2.46. The normalized spacial score (nSPS) is 31.1. The molecule has 2 bridgehead atoms. The summed E-state index contributed by atoms with van der Waals surface area (Å²) in [5.41, 5.74) is 4.09. The van der Waals surface area contributed by atoms with Crippen molar-refractivity contribution in [2.45, 2.75) is 63.6 Å². The Bertz CT molecular complexity index is 976. The minimum Gasteiger partial charge on any atom is -0.493 e. The van der Waals surface area contributed by atoms with Crippen molar-refractivity contribution in [3.05, 3.63) is 34.9 Å². The lowest BCUT2D eigenvalue weighted by Crippen LogP contribution is -2.60. The molecule has 0 N–H and O–H groups in total. The number of carbonyl (C=O) groups is 1. The highest BCUT2D eigenvalue weighted by Crippen LogP contribution is 2.45. The zero-order valence-corrected chi connectivity index (χ0v) is 20.8. The number of rotatable bonds is 4. The van der Waals surface area contributed by atoms with Crippen LogP contribution in [0.3, 0.4) is 0 Å². The van der Waals surface area contributed by atoms with E-state index in [1.165, 1.54) is 62.7 Å². The first-order chi connectivity index (χ1) is 16.6. The minimum absolute atomic E-state index is 0.274. The summed E-state index contributed by atoms with van der Waals surface area (Å²) >= 11 is 0. The van der Waals surface area contributed by atoms with Crippen molar-refractivity contribution < 1.29 is 14.3 Å². The number of nitrogens with zero attached hydrogens (tertiary/aromatic N) is 3. The summed E-state index contributed by atoms with van der Waals surface area (Å²) in [5.74, 6) is 3.22. The molecule has 3 fully saturated rings. The van der Waals surface area contributed by atoms with Crippen LogP contribution in [0.15, 0.2) is 23.8 Å². The molecule has 6 nitrogen and oxygen atoms in total. The van der Waals surface area contributed by atoms with Gasteiger partial charge < -0.3 is 14.4 Å². The highest BCUT2D eigenvalue weighted by molar-refractivity contribution is 5.79. The molecule has 4 atom stereocenters. The van der Waals surface area contributed by atoms with Crippen molar-refractivity contribution in [3.63, 3.8) is 0 Å². The summed E-state index contributed by atoms with van der Waals surface area (Å²) in [7, 11) is 3.35. The van der Waals surface area contributed by atoms with Crippen molar-refractivity contribution in [3.8, 4) is 11.5 Å². The summed E-state index contributed by atoms with van der Waals surface area (Å²) in [6, 6.07) is 5.37. The quantitative estimate of drug-likeness (QED) is 0.637. The molecule has 1 amide bonds. The predicted molar refractivity (Wildman–Crippen MR) is 132 cm³/mol. The molecule has 184 valence electrons. The van der Waals surface area contributed by atoms with Gasteiger partial charge in [0.15, 0.2) is 11.5 Å². The summed E-state index contributed by atoms with van der Waals surface area (Å²) in [6.45, 7) is 5.55. The maximum Gasteiger partial charge on any atom is 0.237 e. The Labute approximate surface area is 203 Å². The predicted octanol–water partition coefficient (Wildman–Crippen LogP) is 3.48. The van der Waals surface area contributed by atoms with Gasteiger partial charge in [0.2, 0.25) is 5.91 Å². The first-order valence-corrected chi connectivity index (χ1v) is 13.3. The Morgan fingerprint density at radius 3 is 2.65 bits per heavy atom. The van der Waals surface area contributed by atoms with Crippen LogP contribution in [0, 0.1) is 11.8 Å². The second-order valence-electron chi connectivity index (χ2n) is 11.0. The van der Waals surface area contributed by atoms with Crippen LogP contribution in [0.25, 0.3) is 0 Å². The Morgan fingerprint density at radius 1 is 1.00 bits per heavy atom. The highest BCUT2D eigenvalue weighted by atomic mass is 16.5. The van der Waals surface area contributed by atoms with Gasteiger partial charge in [0.1, 0.15) is 0 Å². The van der Waals surface area contributed by atoms with E-state index in [-0.39, 0.29) is 5.91 Å². The fraction of sp³-hybridized carbons (Fsp3) is 0.679. The monoisotopic (exact) mass is 465 g/mol. The third kappa shape index (κ3) is 3.93. The average Bonchev–Trinajstić information content (AvgIpc) is 2.87. The number of amides is 1. The van der Waals surface area contributed by atoms with E-state index < -0.39 is 0 Å². The van der Waals surface area contributed by atoms with Gasteiger partial charge in [-0.1, -0.05) is 18.1 Å². The van der Waals surface area contributed by atoms with Gasteiger partial charge in [-0.2, -0.15) is 0 Å². The number of methoxy groups -OCH3 is 2. The molecule has 1 aliphatic carbocycles. The van der Waals surface area contributed by atoms with Crippen LogP contribution in [-0.2, 0) is 17.8 Å². The number of piperidine rings is 3. The number of hydrogen-bond acceptors (Lipinski definition) is 5. The molecular weight excluding hydrogens is 426 g/mol. The molecule has 2 unspecified atom stereocenters. The van der Waals surface area contributed by atoms with E-state index in [9.17, 15) is 4.79 Å². The molecule has 4 heterocycles. The molecule has 3 saturated heterocycles. The molecule has 1 aromatic rings. The minimum atomic E-state index is 0.274. The van der Waals surface area contributed by atoms with Gasteiger partial charge in [0.25, 0.3) is 0 Å². The van der Waals surface area contributed by atoms with Crippen molar-refractivity contribution >= 4 is 5.91 Å². The lowest BCUT2D eigenvalue weighted by Gasteiger charge is -2.54. The fourth-order valence-corrected chi connectivity index (χ4v) is 7.63. The Hall–Kier alpha value is -2.05. The van der Waals surface area contributed by atoms with Gasteiger partial charge in [0.05, 0.1) is 20.8 Å². The van der Waals surface area contributed by atoms with Crippen LogP contribution in [0.5, 0.6) is 11.5 Å². The number of likely N-dealkylation sites (tertiary alicyclic amines) is 1. The zero-order chi connectivity index (χ0) is 23.2. The van der Waals surface area contributed by atoms with E-state index >= 15 is 0 Å². The summed E-state index contributed by atoms with van der Waals surface area (Å²) < 4.78 is 11.0. The number of carbonyl (C=O) groups excluding carboxylic acids is 1. The average molecular weight is 466 g/mol. The van der Waals surface area contributed by atoms with Crippen molar-refractivity contribution in [2.75, 3.05) is 46.9 Å². The van der Waals surface area contributed by atoms with Crippen molar-refractivity contribution in [1.29, 1.82) is 0 Å². The largest absolute Gasteiger partial charge is 0.493 e. The molecule has 6 heteroatoms. The van der Waals surface area contributed by atoms with Crippen LogP contribution in [0.2, 0.25) is 0 Å². The van der Waals surface area contributed by atoms with Gasteiger partial charge in [-0.25, -0.2) is 0 Å². The van der Waals surface area contributed by atoms with E-state index in [2.05, 4.69) is 26.8 Å². The molecule has 0 spiro atoms. The molecule has 0 aromatic heterocycles. The second-order valence-corrected chi connectivity index (χ2v) is 11.0. The molecule has 1 aromatic carbocycles. The van der Waals surface area contributed by atoms with E-state index in [1.807, 2.05) is 6.07 Å². The van der Waals surface area contributed by atoms with Crippen LogP contribution in [0.4, 0.5) is 0 Å². The van der Waals surface area contributed by atoms with Crippen LogP contribution in [0.1, 0.15) is 49.7 Å². The molecule has 6 rings (SSSR count). The molecule has 0 saturated carbocycles. The maximum absolute atomic E-state index is 13.5. The Morgan fingerprint density at radius 2 is 1.82 bits per heavy atom. The molecule has 5 aliphatic rings. The van der Waals surface area contributed by atoms with Crippen LogP contribution in [-0.4, -0.2) is 79.6 Å². The third-order valence-electron chi connectivity index (χ3n) is 9.17. The fourth-order valence-electron chi connectivity index (χ4n) is 7.63. The summed E-state index contributed by atoms with van der Waals surface area (Å²) in [4.78, 5) is 20.9. The summed E-state index contributed by atoms with van der Waals surface area (Å²) in [6.07, 6.45) is 11.4. The van der Waals surface area contributed by atoms with Gasteiger partial charge in [-0.05, 0) is 86.7 Å². The van der Waals surface area contributed by atoms with Crippen LogP contribution >= 0.6 is 0 Å². The van der Waals surface area contributed by atoms with Crippen molar-refractivity contribution in [1.82, 2.24) is 14.7 Å². The Balaban J connectivity index is 1.17. The van der Waals surface area contributed by atoms with Crippen molar-refractivity contribution in [2.24, 2.45) is 11.8 Å². The summed E-state index contributed by atoms with van der Waals surface area (Å²) in [5, 5.41) is 0. The maximum atomic E-state index is 13.5. The molecule has 0 radical (unpaired) electrons. The topological polar surface area (TPSA) is 45.3 Å². The zero-order valence-electron chi connectivity index (χ0n) is 20.8. The van der Waals surface area contributed by atoms with E-state index in [1.54, 1.807) is 19.8 Å². The number of ether oxygens (including phenoxy) is 2. The van der Waals surface area contributed by atoms with Gasteiger partial charge in [0, 0.05) is 31.7 Å². The Kier molecular flexibility index (Phi) is 6.06. The first kappa shape index (κ1) is 22.4. The lowest BCUT2D eigenvalue weighted by molar-refractivity contribution is -0.134. The molecule has 34 heavy (non-hydrogen) atoms. The van der Waals surface area contributed by atoms with E-state index in [0.29, 0.717) is 25.0 Å². The van der Waals surface area contributed by atoms with Gasteiger partial charge in [-0.3, -0.25) is 14.6 Å². The third-order valence-corrected chi connectivity index (χ3v) is 9.17. The number of benzene rings is 1. The van der Waals surface area contributed by atoms with E-state index in [0.717, 1.165) is 43.0 Å². The molecule has 4 aliphatic heterocycles. The lowest BCUT2D eigenvalue weighted by atomic mass is 9.68. The number of fused-ring (bicyclic) bond motifs is 7.